The molecule has 5 rings (SSSR count). The summed E-state index contributed by atoms with van der Waals surface area (Å²) in [5.74, 6) is 1.23. The summed E-state index contributed by atoms with van der Waals surface area (Å²) in [5, 5.41) is 2.20. The molecular weight excluding hydrogens is 320 g/mol. The number of fused-ring (bicyclic) bond motifs is 2. The van der Waals surface area contributed by atoms with Crippen molar-refractivity contribution in [3.05, 3.63) is 53.2 Å². The molecule has 124 valence electrons. The number of hydrogen-bond acceptors (Lipinski definition) is 2. The van der Waals surface area contributed by atoms with Crippen molar-refractivity contribution in [2.75, 3.05) is 13.6 Å². The van der Waals surface area contributed by atoms with Crippen molar-refractivity contribution in [1.82, 2.24) is 19.4 Å². The summed E-state index contributed by atoms with van der Waals surface area (Å²) in [7, 11) is 2.27. The zero-order valence-electron chi connectivity index (χ0n) is 13.7. The van der Waals surface area contributed by atoms with Crippen LogP contribution in [0.3, 0.4) is 0 Å². The molecular formula is C19H21ClN4. The quantitative estimate of drug-likeness (QED) is 0.772. The largest absolute Gasteiger partial charge is 0.345 e. The summed E-state index contributed by atoms with van der Waals surface area (Å²) in [6.45, 7) is 2.18. The second-order valence-corrected chi connectivity index (χ2v) is 7.74. The van der Waals surface area contributed by atoms with Crippen molar-refractivity contribution >= 4 is 22.5 Å². The van der Waals surface area contributed by atoms with E-state index in [1.807, 2.05) is 12.5 Å². The zero-order chi connectivity index (χ0) is 16.3. The maximum Gasteiger partial charge on any atom is 0.110 e. The highest BCUT2D eigenvalue weighted by Gasteiger charge is 2.40. The minimum absolute atomic E-state index is 0.551. The Kier molecular flexibility index (Phi) is 3.25. The molecule has 1 aliphatic carbocycles. The van der Waals surface area contributed by atoms with Gasteiger partial charge in [0, 0.05) is 48.3 Å². The number of nitrogens with zero attached hydrogens (tertiary/aromatic N) is 3. The van der Waals surface area contributed by atoms with Gasteiger partial charge in [0.2, 0.25) is 0 Å². The third-order valence-electron chi connectivity index (χ3n) is 5.91. The van der Waals surface area contributed by atoms with Gasteiger partial charge in [0.1, 0.15) is 5.15 Å². The molecule has 1 aliphatic heterocycles. The molecule has 0 radical (unpaired) electrons. The molecule has 3 aromatic rings. The normalized spacial score (nSPS) is 26.7. The van der Waals surface area contributed by atoms with E-state index in [9.17, 15) is 0 Å². The third kappa shape index (κ3) is 2.13. The van der Waals surface area contributed by atoms with E-state index < -0.39 is 0 Å². The molecule has 1 N–H and O–H groups in total. The first-order valence-corrected chi connectivity index (χ1v) is 9.03. The summed E-state index contributed by atoms with van der Waals surface area (Å²) in [5.41, 5.74) is 3.97. The van der Waals surface area contributed by atoms with Crippen LogP contribution in [-0.2, 0) is 13.0 Å². The van der Waals surface area contributed by atoms with Crippen LogP contribution in [-0.4, -0.2) is 39.1 Å². The summed E-state index contributed by atoms with van der Waals surface area (Å²) in [4.78, 5) is 10.1. The molecule has 0 amide bonds. The van der Waals surface area contributed by atoms with Gasteiger partial charge in [0.25, 0.3) is 0 Å². The Balaban J connectivity index is 1.54. The molecule has 0 unspecified atom stereocenters. The van der Waals surface area contributed by atoms with Crippen molar-refractivity contribution in [1.29, 1.82) is 0 Å². The number of rotatable bonds is 2. The predicted octanol–water partition coefficient (Wildman–Crippen LogP) is 3.68. The standard InChI is InChI=1S/C19H21ClN4/c1-23-9-12(10-24-6-5-21-11-24)7-14-13-3-2-4-16-18(13)15(8-17(14)23)19(20)22-16/h2-6,11-12,14,17,22H,7-10H2,1H3/t12-,14+,17+/m0/s1. The lowest BCUT2D eigenvalue weighted by Crippen LogP contribution is -2.48. The Morgan fingerprint density at radius 2 is 2.29 bits per heavy atom. The number of imidazole rings is 1. The number of likely N-dealkylation sites (tertiary alicyclic amines) is 1. The van der Waals surface area contributed by atoms with Gasteiger partial charge in [-0.2, -0.15) is 0 Å². The average molecular weight is 341 g/mol. The first-order chi connectivity index (χ1) is 11.7. The minimum atomic E-state index is 0.551. The van der Waals surface area contributed by atoms with E-state index in [-0.39, 0.29) is 0 Å². The fourth-order valence-electron chi connectivity index (χ4n) is 4.92. The Bertz CT molecular complexity index is 882. The van der Waals surface area contributed by atoms with E-state index in [1.54, 1.807) is 0 Å². The molecule has 0 saturated carbocycles. The fraction of sp³-hybridized carbons (Fsp3) is 0.421. The molecule has 2 aliphatic rings. The third-order valence-corrected chi connectivity index (χ3v) is 6.24. The van der Waals surface area contributed by atoms with E-state index >= 15 is 0 Å². The van der Waals surface area contributed by atoms with Crippen LogP contribution in [0.25, 0.3) is 10.9 Å². The van der Waals surface area contributed by atoms with Crippen molar-refractivity contribution in [3.63, 3.8) is 0 Å². The molecule has 1 aromatic carbocycles. The van der Waals surface area contributed by atoms with Crippen molar-refractivity contribution in [3.8, 4) is 0 Å². The van der Waals surface area contributed by atoms with Gasteiger partial charge >= 0.3 is 0 Å². The number of nitrogens with one attached hydrogen (secondary N) is 1. The second kappa shape index (κ2) is 5.36. The maximum atomic E-state index is 6.49. The summed E-state index contributed by atoms with van der Waals surface area (Å²) < 4.78 is 2.21. The van der Waals surface area contributed by atoms with E-state index in [2.05, 4.69) is 50.9 Å². The van der Waals surface area contributed by atoms with Crippen LogP contribution < -0.4 is 0 Å². The lowest BCUT2D eigenvalue weighted by Gasteiger charge is -2.45. The van der Waals surface area contributed by atoms with E-state index in [0.717, 1.165) is 24.7 Å². The zero-order valence-corrected chi connectivity index (χ0v) is 14.5. The van der Waals surface area contributed by atoms with Crippen LogP contribution in [0.15, 0.2) is 36.9 Å². The lowest BCUT2D eigenvalue weighted by atomic mass is 9.72. The number of aromatic amines is 1. The van der Waals surface area contributed by atoms with Crippen LogP contribution in [0.1, 0.15) is 23.5 Å². The molecule has 1 saturated heterocycles. The molecule has 2 aromatic heterocycles. The number of H-pyrrole nitrogens is 1. The van der Waals surface area contributed by atoms with Gasteiger partial charge in [-0.1, -0.05) is 23.7 Å². The van der Waals surface area contributed by atoms with E-state index in [1.165, 1.54) is 28.5 Å². The Morgan fingerprint density at radius 1 is 1.38 bits per heavy atom. The van der Waals surface area contributed by atoms with Crippen molar-refractivity contribution < 1.29 is 0 Å². The number of likely N-dealkylation sites (N-methyl/N-ethyl adjacent to an activating group) is 1. The highest BCUT2D eigenvalue weighted by Crippen LogP contribution is 2.46. The van der Waals surface area contributed by atoms with E-state index in [0.29, 0.717) is 17.9 Å². The van der Waals surface area contributed by atoms with Crippen LogP contribution in [0.5, 0.6) is 0 Å². The van der Waals surface area contributed by atoms with E-state index in [4.69, 9.17) is 11.6 Å². The van der Waals surface area contributed by atoms with Gasteiger partial charge in [0.05, 0.1) is 6.33 Å². The first-order valence-electron chi connectivity index (χ1n) is 8.65. The SMILES string of the molecule is CN1C[C@@H](Cn2ccnc2)C[C@@H]2c3cccc4[nH]c(Cl)c(c34)C[C@H]21. The molecule has 0 spiro atoms. The molecule has 3 heterocycles. The predicted molar refractivity (Wildman–Crippen MR) is 96.5 cm³/mol. The molecule has 4 nitrogen and oxygen atoms in total. The first kappa shape index (κ1) is 14.6. The lowest BCUT2D eigenvalue weighted by molar-refractivity contribution is 0.103. The number of aromatic nitrogens is 3. The smallest absolute Gasteiger partial charge is 0.110 e. The highest BCUT2D eigenvalue weighted by atomic mass is 35.5. The molecule has 1 fully saturated rings. The summed E-state index contributed by atoms with van der Waals surface area (Å²) >= 11 is 6.49. The topological polar surface area (TPSA) is 36.9 Å². The highest BCUT2D eigenvalue weighted by molar-refractivity contribution is 6.32. The Labute approximate surface area is 146 Å². The number of halogens is 1. The van der Waals surface area contributed by atoms with Crippen LogP contribution in [0, 0.1) is 5.92 Å². The molecule has 24 heavy (non-hydrogen) atoms. The van der Waals surface area contributed by atoms with Gasteiger partial charge in [0.15, 0.2) is 0 Å². The number of piperidine rings is 1. The van der Waals surface area contributed by atoms with Crippen LogP contribution in [0.4, 0.5) is 0 Å². The average Bonchev–Trinajstić information content (AvgIpc) is 3.18. The molecule has 0 bridgehead atoms. The number of benzene rings is 1. The molecule has 3 atom stereocenters. The second-order valence-electron chi connectivity index (χ2n) is 7.37. The summed E-state index contributed by atoms with van der Waals surface area (Å²) in [6, 6.07) is 7.16. The number of hydrogen-bond donors (Lipinski definition) is 1. The van der Waals surface area contributed by atoms with Gasteiger partial charge in [-0.15, -0.1) is 0 Å². The van der Waals surface area contributed by atoms with Crippen LogP contribution >= 0.6 is 11.6 Å². The van der Waals surface area contributed by atoms with Gasteiger partial charge in [-0.05, 0) is 43.0 Å². The molecule has 5 heteroatoms. The van der Waals surface area contributed by atoms with Crippen LogP contribution in [0.2, 0.25) is 5.15 Å². The van der Waals surface area contributed by atoms with Gasteiger partial charge in [-0.3, -0.25) is 0 Å². The van der Waals surface area contributed by atoms with Gasteiger partial charge in [-0.25, -0.2) is 4.98 Å². The van der Waals surface area contributed by atoms with Crippen molar-refractivity contribution in [2.45, 2.75) is 31.3 Å². The Morgan fingerprint density at radius 3 is 3.12 bits per heavy atom. The fourth-order valence-corrected chi connectivity index (χ4v) is 5.20. The van der Waals surface area contributed by atoms with Gasteiger partial charge < -0.3 is 14.5 Å². The summed E-state index contributed by atoms with van der Waals surface area (Å²) in [6.07, 6.45) is 8.14. The maximum absolute atomic E-state index is 6.49. The monoisotopic (exact) mass is 340 g/mol. The van der Waals surface area contributed by atoms with Crippen molar-refractivity contribution in [2.24, 2.45) is 5.92 Å². The Hall–Kier alpha value is -1.78. The minimum Gasteiger partial charge on any atom is -0.345 e.